The number of benzene rings is 1. The number of amides is 2. The Morgan fingerprint density at radius 3 is 2.48 bits per heavy atom. The number of hydrogen-bond donors (Lipinski definition) is 1. The highest BCUT2D eigenvalue weighted by molar-refractivity contribution is 6.30. The summed E-state index contributed by atoms with van der Waals surface area (Å²) in [6.45, 7) is 0.655. The van der Waals surface area contributed by atoms with Crippen LogP contribution in [-0.4, -0.2) is 38.6 Å². The van der Waals surface area contributed by atoms with Crippen molar-refractivity contribution >= 4 is 34.5 Å². The molecule has 1 N–H and O–H groups in total. The van der Waals surface area contributed by atoms with E-state index in [4.69, 9.17) is 11.6 Å². The Labute approximate surface area is 169 Å². The average molecular weight is 424 g/mol. The number of halogens is 4. The van der Waals surface area contributed by atoms with Crippen molar-refractivity contribution < 1.29 is 18.0 Å². The Hall–Kier alpha value is -2.81. The molecule has 1 saturated heterocycles. The molecule has 2 aromatic heterocycles. The molecular formula is C19H17ClF3N5O. The van der Waals surface area contributed by atoms with Crippen LogP contribution in [-0.2, 0) is 6.18 Å². The summed E-state index contributed by atoms with van der Waals surface area (Å²) < 4.78 is 41.7. The van der Waals surface area contributed by atoms with Crippen LogP contribution in [0.15, 0.2) is 42.6 Å². The van der Waals surface area contributed by atoms with Crippen molar-refractivity contribution in [2.24, 2.45) is 0 Å². The minimum atomic E-state index is -4.58. The van der Waals surface area contributed by atoms with Crippen LogP contribution in [0.25, 0.3) is 11.2 Å². The number of urea groups is 1. The molecule has 0 spiro atoms. The Morgan fingerprint density at radius 1 is 1.14 bits per heavy atom. The first kappa shape index (κ1) is 19.5. The lowest BCUT2D eigenvalue weighted by molar-refractivity contribution is -0.147. The molecule has 0 radical (unpaired) electrons. The van der Waals surface area contributed by atoms with Crippen LogP contribution >= 0.6 is 11.6 Å². The molecule has 0 saturated carbocycles. The molecule has 0 unspecified atom stereocenters. The molecule has 1 aromatic carbocycles. The number of aromatic nitrogens is 3. The first-order valence-electron chi connectivity index (χ1n) is 9.04. The van der Waals surface area contributed by atoms with Crippen LogP contribution in [0, 0.1) is 0 Å². The van der Waals surface area contributed by atoms with Crippen molar-refractivity contribution in [2.75, 3.05) is 18.4 Å². The first-order valence-corrected chi connectivity index (χ1v) is 9.42. The third-order valence-corrected chi connectivity index (χ3v) is 5.17. The second kappa shape index (κ2) is 7.55. The molecule has 2 amide bonds. The highest BCUT2D eigenvalue weighted by atomic mass is 35.5. The maximum Gasteiger partial charge on any atom is 0.449 e. The monoisotopic (exact) mass is 423 g/mol. The average Bonchev–Trinajstić information content (AvgIpc) is 3.10. The van der Waals surface area contributed by atoms with E-state index in [2.05, 4.69) is 15.3 Å². The van der Waals surface area contributed by atoms with Gasteiger partial charge in [0.15, 0.2) is 5.65 Å². The fourth-order valence-electron chi connectivity index (χ4n) is 3.54. The Bertz CT molecular complexity index is 1030. The predicted octanol–water partition coefficient (Wildman–Crippen LogP) is 4.97. The summed E-state index contributed by atoms with van der Waals surface area (Å²) in [4.78, 5) is 21.9. The molecule has 29 heavy (non-hydrogen) atoms. The number of pyridine rings is 1. The molecule has 10 heteroatoms. The maximum absolute atomic E-state index is 13.5. The van der Waals surface area contributed by atoms with Gasteiger partial charge in [-0.25, -0.2) is 14.8 Å². The summed E-state index contributed by atoms with van der Waals surface area (Å²) in [6, 6.07) is 9.05. The third-order valence-electron chi connectivity index (χ3n) is 4.91. The second-order valence-corrected chi connectivity index (χ2v) is 7.24. The highest BCUT2D eigenvalue weighted by Gasteiger charge is 2.40. The van der Waals surface area contributed by atoms with Crippen molar-refractivity contribution in [3.05, 3.63) is 53.4 Å². The van der Waals surface area contributed by atoms with E-state index >= 15 is 0 Å². The SMILES string of the molecule is O=C(Nc1ccc(Cl)cc1)N1CCC(n2c(C(F)(F)F)nc3cccnc32)CC1. The summed E-state index contributed by atoms with van der Waals surface area (Å²) in [5, 5.41) is 3.33. The summed E-state index contributed by atoms with van der Waals surface area (Å²) in [6.07, 6.45) is -2.38. The largest absolute Gasteiger partial charge is 0.449 e. The Balaban J connectivity index is 1.50. The number of carbonyl (C=O) groups is 1. The number of nitrogens with zero attached hydrogens (tertiary/aromatic N) is 4. The zero-order valence-electron chi connectivity index (χ0n) is 15.2. The summed E-state index contributed by atoms with van der Waals surface area (Å²) >= 11 is 5.83. The molecule has 152 valence electrons. The second-order valence-electron chi connectivity index (χ2n) is 6.80. The van der Waals surface area contributed by atoms with E-state index in [1.165, 1.54) is 16.8 Å². The van der Waals surface area contributed by atoms with Crippen molar-refractivity contribution in [2.45, 2.75) is 25.1 Å². The van der Waals surface area contributed by atoms with Gasteiger partial charge in [-0.05, 0) is 49.2 Å². The number of carbonyl (C=O) groups excluding carboxylic acids is 1. The van der Waals surface area contributed by atoms with E-state index in [-0.39, 0.29) is 17.2 Å². The van der Waals surface area contributed by atoms with Crippen molar-refractivity contribution in [1.82, 2.24) is 19.4 Å². The lowest BCUT2D eigenvalue weighted by Gasteiger charge is -2.33. The summed E-state index contributed by atoms with van der Waals surface area (Å²) in [7, 11) is 0. The van der Waals surface area contributed by atoms with Gasteiger partial charge >= 0.3 is 12.2 Å². The number of nitrogens with one attached hydrogen (secondary N) is 1. The van der Waals surface area contributed by atoms with Gasteiger partial charge in [-0.2, -0.15) is 13.2 Å². The molecule has 4 rings (SSSR count). The summed E-state index contributed by atoms with van der Waals surface area (Å²) in [5.74, 6) is -0.949. The van der Waals surface area contributed by atoms with Gasteiger partial charge in [0.25, 0.3) is 0 Å². The first-order chi connectivity index (χ1) is 13.8. The van der Waals surface area contributed by atoms with Crippen LogP contribution < -0.4 is 5.32 Å². The molecule has 6 nitrogen and oxygen atoms in total. The zero-order valence-corrected chi connectivity index (χ0v) is 15.9. The molecule has 3 aromatic rings. The fourth-order valence-corrected chi connectivity index (χ4v) is 3.66. The van der Waals surface area contributed by atoms with Crippen molar-refractivity contribution in [3.63, 3.8) is 0 Å². The van der Waals surface area contributed by atoms with Crippen LogP contribution in [0.1, 0.15) is 24.7 Å². The van der Waals surface area contributed by atoms with Gasteiger partial charge in [0.2, 0.25) is 5.82 Å². The van der Waals surface area contributed by atoms with Gasteiger partial charge in [0.1, 0.15) is 5.52 Å². The van der Waals surface area contributed by atoms with Gasteiger partial charge in [-0.3, -0.25) is 0 Å². The predicted molar refractivity (Wildman–Crippen MR) is 103 cm³/mol. The molecule has 1 fully saturated rings. The number of piperidine rings is 1. The van der Waals surface area contributed by atoms with Crippen LogP contribution in [0.5, 0.6) is 0 Å². The van der Waals surface area contributed by atoms with Gasteiger partial charge < -0.3 is 14.8 Å². The Kier molecular flexibility index (Phi) is 5.08. The maximum atomic E-state index is 13.5. The van der Waals surface area contributed by atoms with Crippen molar-refractivity contribution in [3.8, 4) is 0 Å². The number of rotatable bonds is 2. The van der Waals surface area contributed by atoms with E-state index in [1.54, 1.807) is 35.2 Å². The standard InChI is InChI=1S/C19H17ClF3N5O/c20-12-3-5-13(6-4-12)25-18(29)27-10-7-14(8-11-27)28-16-15(2-1-9-24-16)26-17(28)19(21,22)23/h1-6,9,14H,7-8,10-11H2,(H,25,29). The third kappa shape index (κ3) is 4.00. The fraction of sp³-hybridized carbons (Fsp3) is 0.316. The van der Waals surface area contributed by atoms with Crippen LogP contribution in [0.3, 0.4) is 0 Å². The van der Waals surface area contributed by atoms with Crippen molar-refractivity contribution in [1.29, 1.82) is 0 Å². The number of hydrogen-bond acceptors (Lipinski definition) is 3. The minimum Gasteiger partial charge on any atom is -0.324 e. The van der Waals surface area contributed by atoms with Crippen LogP contribution in [0.2, 0.25) is 5.02 Å². The van der Waals surface area contributed by atoms with Gasteiger partial charge in [-0.15, -0.1) is 0 Å². The van der Waals surface area contributed by atoms with Gasteiger partial charge in [-0.1, -0.05) is 11.6 Å². The number of anilines is 1. The van der Waals surface area contributed by atoms with Gasteiger partial charge in [0.05, 0.1) is 0 Å². The van der Waals surface area contributed by atoms with E-state index < -0.39 is 18.0 Å². The normalized spacial score (nSPS) is 15.7. The topological polar surface area (TPSA) is 63.1 Å². The van der Waals surface area contributed by atoms with E-state index in [0.717, 1.165) is 0 Å². The minimum absolute atomic E-state index is 0.211. The zero-order chi connectivity index (χ0) is 20.6. The Morgan fingerprint density at radius 2 is 1.83 bits per heavy atom. The molecule has 0 aliphatic carbocycles. The van der Waals surface area contributed by atoms with Crippen LogP contribution in [0.4, 0.5) is 23.7 Å². The smallest absolute Gasteiger partial charge is 0.324 e. The lowest BCUT2D eigenvalue weighted by Crippen LogP contribution is -2.41. The quantitative estimate of drug-likeness (QED) is 0.632. The summed E-state index contributed by atoms with van der Waals surface area (Å²) in [5.41, 5.74) is 1.03. The molecular weight excluding hydrogens is 407 g/mol. The van der Waals surface area contributed by atoms with E-state index in [0.29, 0.717) is 36.6 Å². The number of alkyl halides is 3. The lowest BCUT2D eigenvalue weighted by atomic mass is 10.0. The van der Waals surface area contributed by atoms with E-state index in [9.17, 15) is 18.0 Å². The van der Waals surface area contributed by atoms with Gasteiger partial charge in [0, 0.05) is 36.0 Å². The molecule has 1 aliphatic heterocycles. The molecule has 0 bridgehead atoms. The molecule has 0 atom stereocenters. The van der Waals surface area contributed by atoms with E-state index in [1.807, 2.05) is 0 Å². The molecule has 3 heterocycles. The number of imidazole rings is 1. The number of likely N-dealkylation sites (tertiary alicyclic amines) is 1. The number of fused-ring (bicyclic) bond motifs is 1. The molecule has 1 aliphatic rings. The highest BCUT2D eigenvalue weighted by Crippen LogP contribution is 2.36.